The number of ether oxygens (including phenoxy) is 1. The number of unbranched alkanes of at least 4 members (excludes halogenated alkanes) is 1. The van der Waals surface area contributed by atoms with Crippen LogP contribution in [0, 0.1) is 6.92 Å². The fourth-order valence-electron chi connectivity index (χ4n) is 2.74. The number of nitrogens with zero attached hydrogens (tertiary/aromatic N) is 1. The lowest BCUT2D eigenvalue weighted by Crippen LogP contribution is -2.07. The zero-order valence-electron chi connectivity index (χ0n) is 16.4. The van der Waals surface area contributed by atoms with Crippen molar-refractivity contribution >= 4 is 40.1 Å². The van der Waals surface area contributed by atoms with Crippen LogP contribution in [0.3, 0.4) is 0 Å². The van der Waals surface area contributed by atoms with Gasteiger partial charge in [-0.05, 0) is 37.6 Å². The molecule has 0 saturated carbocycles. The lowest BCUT2D eigenvalue weighted by Gasteiger charge is -2.08. The minimum Gasteiger partial charge on any atom is -0.493 e. The molecule has 3 aromatic rings. The summed E-state index contributed by atoms with van der Waals surface area (Å²) >= 11 is 7.51. The average Bonchev–Trinajstić information content (AvgIpc) is 3.07. The van der Waals surface area contributed by atoms with Gasteiger partial charge in [-0.1, -0.05) is 55.3 Å². The van der Waals surface area contributed by atoms with Gasteiger partial charge in [0, 0.05) is 27.1 Å². The number of aromatic nitrogens is 1. The molecule has 0 atom stereocenters. The third kappa shape index (κ3) is 5.92. The summed E-state index contributed by atoms with van der Waals surface area (Å²) in [6.07, 6.45) is 5.33. The summed E-state index contributed by atoms with van der Waals surface area (Å²) in [6.45, 7) is 4.76. The maximum atomic E-state index is 12.4. The first kappa shape index (κ1) is 21.1. The molecule has 29 heavy (non-hydrogen) atoms. The largest absolute Gasteiger partial charge is 0.493 e. The van der Waals surface area contributed by atoms with Crippen molar-refractivity contribution in [3.8, 4) is 17.0 Å². The van der Waals surface area contributed by atoms with E-state index in [1.807, 2.05) is 55.5 Å². The van der Waals surface area contributed by atoms with Crippen molar-refractivity contribution in [1.29, 1.82) is 0 Å². The molecule has 0 aliphatic rings. The van der Waals surface area contributed by atoms with Crippen LogP contribution in [-0.2, 0) is 4.79 Å². The summed E-state index contributed by atoms with van der Waals surface area (Å²) < 4.78 is 5.80. The Morgan fingerprint density at radius 3 is 2.86 bits per heavy atom. The van der Waals surface area contributed by atoms with Crippen molar-refractivity contribution in [3.05, 3.63) is 70.1 Å². The second-order valence-corrected chi connectivity index (χ2v) is 8.14. The summed E-state index contributed by atoms with van der Waals surface area (Å²) in [7, 11) is 0. The fraction of sp³-hybridized carbons (Fsp3) is 0.217. The van der Waals surface area contributed by atoms with Gasteiger partial charge in [0.1, 0.15) is 5.75 Å². The minimum atomic E-state index is -0.236. The van der Waals surface area contributed by atoms with E-state index >= 15 is 0 Å². The average molecular weight is 427 g/mol. The van der Waals surface area contributed by atoms with Crippen molar-refractivity contribution in [2.45, 2.75) is 26.7 Å². The highest BCUT2D eigenvalue weighted by molar-refractivity contribution is 7.16. The maximum Gasteiger partial charge on any atom is 0.250 e. The highest BCUT2D eigenvalue weighted by atomic mass is 35.5. The molecule has 0 aliphatic carbocycles. The predicted octanol–water partition coefficient (Wildman–Crippen LogP) is 6.60. The lowest BCUT2D eigenvalue weighted by atomic mass is 10.1. The zero-order chi connectivity index (χ0) is 20.6. The SMILES string of the molecule is CCCCOc1ccccc1/C=C/C(=O)Nc1nc(-c2cccc(Cl)c2)c(C)s1. The van der Waals surface area contributed by atoms with E-state index in [0.717, 1.165) is 40.3 Å². The van der Waals surface area contributed by atoms with Crippen LogP contribution in [0.15, 0.2) is 54.6 Å². The Morgan fingerprint density at radius 2 is 2.07 bits per heavy atom. The lowest BCUT2D eigenvalue weighted by molar-refractivity contribution is -0.111. The van der Waals surface area contributed by atoms with E-state index < -0.39 is 0 Å². The van der Waals surface area contributed by atoms with E-state index in [9.17, 15) is 4.79 Å². The van der Waals surface area contributed by atoms with Crippen LogP contribution in [0.2, 0.25) is 5.02 Å². The Labute approximate surface area is 180 Å². The molecule has 1 N–H and O–H groups in total. The number of aryl methyl sites for hydroxylation is 1. The first-order chi connectivity index (χ1) is 14.1. The van der Waals surface area contributed by atoms with E-state index in [2.05, 4.69) is 17.2 Å². The molecule has 150 valence electrons. The van der Waals surface area contributed by atoms with E-state index in [-0.39, 0.29) is 5.91 Å². The molecule has 0 saturated heterocycles. The predicted molar refractivity (Wildman–Crippen MR) is 122 cm³/mol. The van der Waals surface area contributed by atoms with Gasteiger partial charge in [0.25, 0.3) is 0 Å². The number of halogens is 1. The zero-order valence-corrected chi connectivity index (χ0v) is 18.0. The molecule has 1 heterocycles. The third-order valence-corrected chi connectivity index (χ3v) is 5.33. The van der Waals surface area contributed by atoms with Crippen LogP contribution in [0.5, 0.6) is 5.75 Å². The van der Waals surface area contributed by atoms with Crippen molar-refractivity contribution < 1.29 is 9.53 Å². The summed E-state index contributed by atoms with van der Waals surface area (Å²) in [5.41, 5.74) is 2.63. The van der Waals surface area contributed by atoms with Gasteiger partial charge in [0.2, 0.25) is 5.91 Å². The van der Waals surface area contributed by atoms with Crippen molar-refractivity contribution in [3.63, 3.8) is 0 Å². The van der Waals surface area contributed by atoms with Crippen LogP contribution >= 0.6 is 22.9 Å². The second kappa shape index (κ2) is 10.2. The van der Waals surface area contributed by atoms with Crippen LogP contribution in [0.1, 0.15) is 30.2 Å². The van der Waals surface area contributed by atoms with Crippen molar-refractivity contribution in [2.24, 2.45) is 0 Å². The smallest absolute Gasteiger partial charge is 0.250 e. The Bertz CT molecular complexity index is 1010. The molecule has 0 unspecified atom stereocenters. The first-order valence-corrected chi connectivity index (χ1v) is 10.7. The summed E-state index contributed by atoms with van der Waals surface area (Å²) in [4.78, 5) is 17.9. The number of carbonyl (C=O) groups excluding carboxylic acids is 1. The number of benzene rings is 2. The monoisotopic (exact) mass is 426 g/mol. The Morgan fingerprint density at radius 1 is 1.24 bits per heavy atom. The van der Waals surface area contributed by atoms with E-state index in [0.29, 0.717) is 16.8 Å². The Kier molecular flexibility index (Phi) is 7.44. The number of rotatable bonds is 8. The topological polar surface area (TPSA) is 51.2 Å². The van der Waals surface area contributed by atoms with Crippen LogP contribution in [0.25, 0.3) is 17.3 Å². The number of anilines is 1. The molecule has 0 bridgehead atoms. The number of hydrogen-bond acceptors (Lipinski definition) is 4. The number of amides is 1. The number of carbonyl (C=O) groups is 1. The normalized spacial score (nSPS) is 11.0. The summed E-state index contributed by atoms with van der Waals surface area (Å²) in [5, 5.41) is 4.05. The minimum absolute atomic E-state index is 0.236. The van der Waals surface area contributed by atoms with E-state index in [4.69, 9.17) is 16.3 Å². The van der Waals surface area contributed by atoms with Crippen LogP contribution in [-0.4, -0.2) is 17.5 Å². The molecule has 6 heteroatoms. The molecular formula is C23H23ClN2O2S. The molecule has 4 nitrogen and oxygen atoms in total. The molecule has 0 spiro atoms. The quantitative estimate of drug-likeness (QED) is 0.326. The molecule has 0 radical (unpaired) electrons. The number of thiazole rings is 1. The van der Waals surface area contributed by atoms with Crippen molar-refractivity contribution in [1.82, 2.24) is 4.98 Å². The highest BCUT2D eigenvalue weighted by Gasteiger charge is 2.11. The molecule has 0 aliphatic heterocycles. The van der Waals surface area contributed by atoms with Gasteiger partial charge in [0.05, 0.1) is 12.3 Å². The Hall–Kier alpha value is -2.63. The number of hydrogen-bond donors (Lipinski definition) is 1. The standard InChI is InChI=1S/C23H23ClN2O2S/c1-3-4-14-28-20-11-6-5-8-17(20)12-13-21(27)25-23-26-22(16(2)29-23)18-9-7-10-19(24)15-18/h5-13,15H,3-4,14H2,1-2H3,(H,25,26,27)/b13-12+. The van der Waals surface area contributed by atoms with E-state index in [1.54, 1.807) is 6.08 Å². The molecule has 0 fully saturated rings. The van der Waals surface area contributed by atoms with Gasteiger partial charge in [-0.3, -0.25) is 10.1 Å². The maximum absolute atomic E-state index is 12.4. The number of nitrogens with one attached hydrogen (secondary N) is 1. The molecule has 2 aromatic carbocycles. The second-order valence-electron chi connectivity index (χ2n) is 6.50. The molecule has 1 aromatic heterocycles. The number of para-hydroxylation sites is 1. The van der Waals surface area contributed by atoms with Crippen molar-refractivity contribution in [2.75, 3.05) is 11.9 Å². The first-order valence-electron chi connectivity index (χ1n) is 9.51. The molecular weight excluding hydrogens is 404 g/mol. The van der Waals surface area contributed by atoms with Crippen LogP contribution < -0.4 is 10.1 Å². The van der Waals surface area contributed by atoms with Gasteiger partial charge in [-0.2, -0.15) is 0 Å². The molecule has 3 rings (SSSR count). The third-order valence-electron chi connectivity index (χ3n) is 4.21. The van der Waals surface area contributed by atoms with Gasteiger partial charge in [0.15, 0.2) is 5.13 Å². The van der Waals surface area contributed by atoms with Gasteiger partial charge >= 0.3 is 0 Å². The molecule has 1 amide bonds. The van der Waals surface area contributed by atoms with Gasteiger partial charge < -0.3 is 4.74 Å². The van der Waals surface area contributed by atoms with Gasteiger partial charge in [-0.25, -0.2) is 4.98 Å². The fourth-order valence-corrected chi connectivity index (χ4v) is 3.77. The van der Waals surface area contributed by atoms with Gasteiger partial charge in [-0.15, -0.1) is 11.3 Å². The summed E-state index contributed by atoms with van der Waals surface area (Å²) in [5.74, 6) is 0.540. The van der Waals surface area contributed by atoms with Crippen LogP contribution in [0.4, 0.5) is 5.13 Å². The Balaban J connectivity index is 1.68. The highest BCUT2D eigenvalue weighted by Crippen LogP contribution is 2.31. The summed E-state index contributed by atoms with van der Waals surface area (Å²) in [6, 6.07) is 15.2. The van der Waals surface area contributed by atoms with E-state index in [1.165, 1.54) is 17.4 Å².